The van der Waals surface area contributed by atoms with E-state index in [4.69, 9.17) is 4.74 Å². The second kappa shape index (κ2) is 5.65. The standard InChI is InChI=1S/C13H23N3O/c1-4-12-7-13(16(3)15-12)8-14-10(2)11-5-6-17-9-11/h7,10-11,14H,4-6,8-9H2,1-3H3. The van der Waals surface area contributed by atoms with Crippen LogP contribution in [0.25, 0.3) is 0 Å². The van der Waals surface area contributed by atoms with E-state index < -0.39 is 0 Å². The molecule has 0 amide bonds. The van der Waals surface area contributed by atoms with Crippen LogP contribution in [0.3, 0.4) is 0 Å². The van der Waals surface area contributed by atoms with Gasteiger partial charge in [0.25, 0.3) is 0 Å². The fourth-order valence-corrected chi connectivity index (χ4v) is 2.29. The molecular weight excluding hydrogens is 214 g/mol. The first-order valence-electron chi connectivity index (χ1n) is 6.53. The Morgan fingerprint density at radius 2 is 2.47 bits per heavy atom. The molecule has 17 heavy (non-hydrogen) atoms. The van der Waals surface area contributed by atoms with Gasteiger partial charge in [0.15, 0.2) is 0 Å². The van der Waals surface area contributed by atoms with Crippen molar-refractivity contribution in [2.45, 2.75) is 39.3 Å². The Morgan fingerprint density at radius 3 is 3.06 bits per heavy atom. The summed E-state index contributed by atoms with van der Waals surface area (Å²) in [5.41, 5.74) is 2.42. The molecule has 2 heterocycles. The van der Waals surface area contributed by atoms with Gasteiger partial charge in [-0.3, -0.25) is 4.68 Å². The van der Waals surface area contributed by atoms with Crippen molar-refractivity contribution in [2.24, 2.45) is 13.0 Å². The van der Waals surface area contributed by atoms with Gasteiger partial charge < -0.3 is 10.1 Å². The Hall–Kier alpha value is -0.870. The van der Waals surface area contributed by atoms with Crippen LogP contribution < -0.4 is 5.32 Å². The number of nitrogens with zero attached hydrogens (tertiary/aromatic N) is 2. The molecule has 0 saturated carbocycles. The highest BCUT2D eigenvalue weighted by Crippen LogP contribution is 2.16. The molecule has 1 fully saturated rings. The van der Waals surface area contributed by atoms with E-state index in [1.165, 1.54) is 17.8 Å². The Labute approximate surface area is 103 Å². The van der Waals surface area contributed by atoms with Crippen LogP contribution in [0.4, 0.5) is 0 Å². The summed E-state index contributed by atoms with van der Waals surface area (Å²) in [5.74, 6) is 0.661. The molecule has 0 aliphatic carbocycles. The fraction of sp³-hybridized carbons (Fsp3) is 0.769. The summed E-state index contributed by atoms with van der Waals surface area (Å²) < 4.78 is 7.39. The number of hydrogen-bond acceptors (Lipinski definition) is 3. The van der Waals surface area contributed by atoms with Crippen molar-refractivity contribution in [3.63, 3.8) is 0 Å². The molecule has 2 rings (SSSR count). The Kier molecular flexibility index (Phi) is 4.18. The molecule has 0 aromatic carbocycles. The van der Waals surface area contributed by atoms with E-state index in [0.717, 1.165) is 26.2 Å². The van der Waals surface area contributed by atoms with Crippen molar-refractivity contribution in [2.75, 3.05) is 13.2 Å². The van der Waals surface area contributed by atoms with E-state index in [2.05, 4.69) is 30.3 Å². The SMILES string of the molecule is CCc1cc(CNC(C)C2CCOC2)n(C)n1. The van der Waals surface area contributed by atoms with Gasteiger partial charge in [0.05, 0.1) is 18.0 Å². The molecule has 1 aromatic heterocycles. The van der Waals surface area contributed by atoms with Gasteiger partial charge in [-0.25, -0.2) is 0 Å². The maximum atomic E-state index is 5.42. The smallest absolute Gasteiger partial charge is 0.0625 e. The van der Waals surface area contributed by atoms with E-state index in [1.54, 1.807) is 0 Å². The van der Waals surface area contributed by atoms with Crippen LogP contribution in [0, 0.1) is 5.92 Å². The zero-order chi connectivity index (χ0) is 12.3. The molecule has 2 atom stereocenters. The summed E-state index contributed by atoms with van der Waals surface area (Å²) >= 11 is 0. The normalized spacial score (nSPS) is 21.9. The molecule has 4 nitrogen and oxygen atoms in total. The van der Waals surface area contributed by atoms with Crippen LogP contribution in [-0.4, -0.2) is 29.0 Å². The Bertz CT molecular complexity index is 356. The summed E-state index contributed by atoms with van der Waals surface area (Å²) in [7, 11) is 2.01. The number of ether oxygens (including phenoxy) is 1. The lowest BCUT2D eigenvalue weighted by Gasteiger charge is -2.19. The first kappa shape index (κ1) is 12.6. The van der Waals surface area contributed by atoms with Crippen LogP contribution >= 0.6 is 0 Å². The largest absolute Gasteiger partial charge is 0.381 e. The highest BCUT2D eigenvalue weighted by Gasteiger charge is 2.21. The zero-order valence-electron chi connectivity index (χ0n) is 11.1. The number of nitrogens with one attached hydrogen (secondary N) is 1. The van der Waals surface area contributed by atoms with Gasteiger partial charge >= 0.3 is 0 Å². The molecule has 0 bridgehead atoms. The molecule has 2 unspecified atom stereocenters. The third kappa shape index (κ3) is 3.07. The third-order valence-corrected chi connectivity index (χ3v) is 3.67. The predicted molar refractivity (Wildman–Crippen MR) is 67.8 cm³/mol. The maximum absolute atomic E-state index is 5.42. The average Bonchev–Trinajstić information content (AvgIpc) is 2.95. The van der Waals surface area contributed by atoms with Gasteiger partial charge in [0.2, 0.25) is 0 Å². The van der Waals surface area contributed by atoms with Crippen LogP contribution in [0.1, 0.15) is 31.7 Å². The third-order valence-electron chi connectivity index (χ3n) is 3.67. The number of hydrogen-bond donors (Lipinski definition) is 1. The predicted octanol–water partition coefficient (Wildman–Crippen LogP) is 1.50. The topological polar surface area (TPSA) is 39.1 Å². The van der Waals surface area contributed by atoms with Crippen molar-refractivity contribution in [1.82, 2.24) is 15.1 Å². The van der Waals surface area contributed by atoms with E-state index in [-0.39, 0.29) is 0 Å². The fourth-order valence-electron chi connectivity index (χ4n) is 2.29. The molecule has 1 saturated heterocycles. The molecule has 1 aliphatic heterocycles. The summed E-state index contributed by atoms with van der Waals surface area (Å²) in [6, 6.07) is 2.70. The lowest BCUT2D eigenvalue weighted by molar-refractivity contribution is 0.178. The maximum Gasteiger partial charge on any atom is 0.0625 e. The van der Waals surface area contributed by atoms with E-state index in [9.17, 15) is 0 Å². The minimum absolute atomic E-state index is 0.512. The Morgan fingerprint density at radius 1 is 1.65 bits per heavy atom. The molecule has 1 aromatic rings. The highest BCUT2D eigenvalue weighted by atomic mass is 16.5. The summed E-state index contributed by atoms with van der Waals surface area (Å²) in [6.07, 6.45) is 2.18. The second-order valence-corrected chi connectivity index (χ2v) is 4.90. The summed E-state index contributed by atoms with van der Waals surface area (Å²) in [6.45, 7) is 7.10. The highest BCUT2D eigenvalue weighted by molar-refractivity contribution is 5.10. The first-order chi connectivity index (χ1) is 8.20. The molecule has 1 N–H and O–H groups in total. The van der Waals surface area contributed by atoms with Crippen LogP contribution in [-0.2, 0) is 24.8 Å². The van der Waals surface area contributed by atoms with Gasteiger partial charge in [0, 0.05) is 26.2 Å². The quantitative estimate of drug-likeness (QED) is 0.843. The number of aromatic nitrogens is 2. The van der Waals surface area contributed by atoms with Crippen molar-refractivity contribution >= 4 is 0 Å². The van der Waals surface area contributed by atoms with E-state index in [1.807, 2.05) is 11.7 Å². The van der Waals surface area contributed by atoms with Gasteiger partial charge in [-0.15, -0.1) is 0 Å². The van der Waals surface area contributed by atoms with E-state index >= 15 is 0 Å². The lowest BCUT2D eigenvalue weighted by Crippen LogP contribution is -2.33. The minimum atomic E-state index is 0.512. The zero-order valence-corrected chi connectivity index (χ0v) is 11.1. The minimum Gasteiger partial charge on any atom is -0.381 e. The number of rotatable bonds is 5. The summed E-state index contributed by atoms with van der Waals surface area (Å²) in [5, 5.41) is 8.03. The lowest BCUT2D eigenvalue weighted by atomic mass is 10.0. The first-order valence-corrected chi connectivity index (χ1v) is 6.53. The van der Waals surface area contributed by atoms with Gasteiger partial charge in [-0.05, 0) is 31.7 Å². The molecule has 4 heteroatoms. The van der Waals surface area contributed by atoms with Crippen LogP contribution in [0.15, 0.2) is 6.07 Å². The van der Waals surface area contributed by atoms with Crippen molar-refractivity contribution in [3.8, 4) is 0 Å². The van der Waals surface area contributed by atoms with Gasteiger partial charge in [-0.1, -0.05) is 6.92 Å². The molecule has 1 aliphatic rings. The monoisotopic (exact) mass is 237 g/mol. The van der Waals surface area contributed by atoms with Gasteiger partial charge in [0.1, 0.15) is 0 Å². The molecular formula is C13H23N3O. The van der Waals surface area contributed by atoms with Crippen molar-refractivity contribution in [1.29, 1.82) is 0 Å². The summed E-state index contributed by atoms with van der Waals surface area (Å²) in [4.78, 5) is 0. The van der Waals surface area contributed by atoms with E-state index in [0.29, 0.717) is 12.0 Å². The van der Waals surface area contributed by atoms with Crippen molar-refractivity contribution in [3.05, 3.63) is 17.5 Å². The van der Waals surface area contributed by atoms with Gasteiger partial charge in [-0.2, -0.15) is 5.10 Å². The molecule has 0 radical (unpaired) electrons. The van der Waals surface area contributed by atoms with Crippen LogP contribution in [0.5, 0.6) is 0 Å². The molecule has 0 spiro atoms. The average molecular weight is 237 g/mol. The second-order valence-electron chi connectivity index (χ2n) is 4.90. The number of aryl methyl sites for hydroxylation is 2. The Balaban J connectivity index is 1.85. The molecule has 96 valence electrons. The van der Waals surface area contributed by atoms with Crippen LogP contribution in [0.2, 0.25) is 0 Å². The van der Waals surface area contributed by atoms with Crippen molar-refractivity contribution < 1.29 is 4.74 Å².